The normalized spacial score (nSPS) is 12.4. The summed E-state index contributed by atoms with van der Waals surface area (Å²) in [6.07, 6.45) is -15.1. The molecule has 1 heterocycles. The van der Waals surface area contributed by atoms with Crippen LogP contribution in [0.5, 0.6) is 0 Å². The van der Waals surface area contributed by atoms with E-state index in [9.17, 15) is 49.1 Å². The number of carbonyl (C=O) groups is 2. The number of hydrazine groups is 1. The highest BCUT2D eigenvalue weighted by Crippen LogP contribution is 2.36. The van der Waals surface area contributed by atoms with Crippen LogP contribution in [0.4, 0.5) is 44.6 Å². The van der Waals surface area contributed by atoms with Crippen molar-refractivity contribution in [2.24, 2.45) is 0 Å². The van der Waals surface area contributed by atoms with Crippen molar-refractivity contribution in [1.82, 2.24) is 10.4 Å². The fraction of sp³-hybridized carbons (Fsp3) is 0.150. The van der Waals surface area contributed by atoms with Gasteiger partial charge in [-0.05, 0) is 24.3 Å². The molecule has 1 aromatic heterocycles. The van der Waals surface area contributed by atoms with Gasteiger partial charge in [0.2, 0.25) is 5.13 Å². The number of nitrogens with one attached hydrogen (secondary N) is 1. The number of benzene rings is 2. The standard InChI is InChI=1S/C20H10F9N3O2S/c21-18(22,23)12-7-3-1-5-10(12)15(33)31-32(17-30-14(9-35-17)20(27,28)29)16(34)11-6-2-4-8-13(11)19(24,25)26/h1-9H,(H,31,33). The number of thiazole rings is 1. The van der Waals surface area contributed by atoms with Crippen molar-refractivity contribution < 1.29 is 49.1 Å². The predicted octanol–water partition coefficient (Wildman–Crippen LogP) is 6.19. The van der Waals surface area contributed by atoms with E-state index in [1.54, 1.807) is 5.43 Å². The highest BCUT2D eigenvalue weighted by molar-refractivity contribution is 7.14. The molecule has 0 fully saturated rings. The maximum absolute atomic E-state index is 13.4. The number of anilines is 1. The Kier molecular flexibility index (Phi) is 6.83. The summed E-state index contributed by atoms with van der Waals surface area (Å²) in [5.74, 6) is -3.31. The zero-order chi connectivity index (χ0) is 26.2. The number of hydrogen-bond acceptors (Lipinski definition) is 4. The molecular weight excluding hydrogens is 517 g/mol. The van der Waals surface area contributed by atoms with Crippen molar-refractivity contribution in [3.05, 3.63) is 81.9 Å². The molecule has 1 N–H and O–H groups in total. The number of amides is 2. The van der Waals surface area contributed by atoms with Gasteiger partial charge in [-0.3, -0.25) is 15.0 Å². The van der Waals surface area contributed by atoms with Crippen molar-refractivity contribution in [3.8, 4) is 0 Å². The second kappa shape index (κ2) is 9.20. The van der Waals surface area contributed by atoms with Crippen molar-refractivity contribution in [3.63, 3.8) is 0 Å². The van der Waals surface area contributed by atoms with Crippen molar-refractivity contribution >= 4 is 28.3 Å². The molecule has 0 aliphatic heterocycles. The Morgan fingerprint density at radius 1 is 0.743 bits per heavy atom. The average Bonchev–Trinajstić information content (AvgIpc) is 3.26. The van der Waals surface area contributed by atoms with E-state index in [1.165, 1.54) is 0 Å². The van der Waals surface area contributed by atoms with Crippen LogP contribution in [0, 0.1) is 0 Å². The molecule has 0 bridgehead atoms. The molecule has 15 heteroatoms. The maximum atomic E-state index is 13.4. The van der Waals surface area contributed by atoms with E-state index in [2.05, 4.69) is 4.98 Å². The van der Waals surface area contributed by atoms with Crippen LogP contribution in [0.1, 0.15) is 37.5 Å². The van der Waals surface area contributed by atoms with Crippen LogP contribution in [0.3, 0.4) is 0 Å². The first kappa shape index (κ1) is 26.0. The van der Waals surface area contributed by atoms with Gasteiger partial charge in [-0.15, -0.1) is 11.3 Å². The van der Waals surface area contributed by atoms with Gasteiger partial charge in [-0.1, -0.05) is 24.3 Å². The second-order valence-electron chi connectivity index (χ2n) is 6.68. The van der Waals surface area contributed by atoms with Gasteiger partial charge in [0.15, 0.2) is 5.69 Å². The lowest BCUT2D eigenvalue weighted by molar-refractivity contribution is -0.141. The Morgan fingerprint density at radius 3 is 1.71 bits per heavy atom. The van der Waals surface area contributed by atoms with E-state index in [0.717, 1.165) is 24.3 Å². The SMILES string of the molecule is O=C(NN(C(=O)c1ccccc1C(F)(F)F)c1nc(C(F)(F)F)cs1)c1ccccc1C(F)(F)F. The molecule has 2 amide bonds. The highest BCUT2D eigenvalue weighted by atomic mass is 32.1. The Balaban J connectivity index is 2.10. The Bertz CT molecular complexity index is 1250. The minimum atomic E-state index is -5.08. The van der Waals surface area contributed by atoms with Gasteiger partial charge in [-0.2, -0.15) is 44.5 Å². The van der Waals surface area contributed by atoms with Crippen molar-refractivity contribution in [2.45, 2.75) is 18.5 Å². The lowest BCUT2D eigenvalue weighted by Gasteiger charge is -2.23. The summed E-state index contributed by atoms with van der Waals surface area (Å²) in [7, 11) is 0. The van der Waals surface area contributed by atoms with Gasteiger partial charge in [0.1, 0.15) is 0 Å². The molecule has 3 rings (SSSR count). The molecule has 35 heavy (non-hydrogen) atoms. The summed E-state index contributed by atoms with van der Waals surface area (Å²) < 4.78 is 119. The summed E-state index contributed by atoms with van der Waals surface area (Å²) in [6, 6.07) is 6.40. The van der Waals surface area contributed by atoms with Crippen molar-refractivity contribution in [2.75, 3.05) is 5.01 Å². The van der Waals surface area contributed by atoms with Gasteiger partial charge < -0.3 is 0 Å². The number of carbonyl (C=O) groups excluding carboxylic acids is 2. The zero-order valence-electron chi connectivity index (χ0n) is 16.7. The molecule has 0 atom stereocenters. The van der Waals surface area contributed by atoms with E-state index in [-0.39, 0.29) is 16.3 Å². The number of halogens is 9. The fourth-order valence-electron chi connectivity index (χ4n) is 2.81. The first-order chi connectivity index (χ1) is 16.1. The van der Waals surface area contributed by atoms with Crippen molar-refractivity contribution in [1.29, 1.82) is 0 Å². The lowest BCUT2D eigenvalue weighted by atomic mass is 10.1. The first-order valence-electron chi connectivity index (χ1n) is 9.11. The van der Waals surface area contributed by atoms with Gasteiger partial charge in [0.25, 0.3) is 11.8 Å². The molecule has 0 saturated carbocycles. The molecule has 0 unspecified atom stereocenters. The topological polar surface area (TPSA) is 62.3 Å². The Hall–Kier alpha value is -3.62. The molecule has 186 valence electrons. The van der Waals surface area contributed by atoms with Gasteiger partial charge in [-0.25, -0.2) is 4.98 Å². The Morgan fingerprint density at radius 2 is 1.23 bits per heavy atom. The highest BCUT2D eigenvalue weighted by Gasteiger charge is 2.40. The summed E-state index contributed by atoms with van der Waals surface area (Å²) in [5, 5.41) is -0.571. The van der Waals surface area contributed by atoms with E-state index < -0.39 is 63.4 Å². The van der Waals surface area contributed by atoms with Crippen LogP contribution in [0.2, 0.25) is 0 Å². The Labute approximate surface area is 193 Å². The third-order valence-corrected chi connectivity index (χ3v) is 5.16. The van der Waals surface area contributed by atoms with Crippen LogP contribution < -0.4 is 10.4 Å². The van der Waals surface area contributed by atoms with Crippen LogP contribution in [-0.2, 0) is 18.5 Å². The molecule has 0 aliphatic rings. The number of hydrogen-bond donors (Lipinski definition) is 1. The number of aromatic nitrogens is 1. The second-order valence-corrected chi connectivity index (χ2v) is 7.52. The van der Waals surface area contributed by atoms with Gasteiger partial charge in [0, 0.05) is 5.38 Å². The molecule has 0 radical (unpaired) electrons. The number of nitrogens with zero attached hydrogens (tertiary/aromatic N) is 2. The van der Waals surface area contributed by atoms with Crippen LogP contribution >= 0.6 is 11.3 Å². The average molecular weight is 527 g/mol. The number of rotatable bonds is 3. The first-order valence-corrected chi connectivity index (χ1v) is 9.99. The largest absolute Gasteiger partial charge is 0.434 e. The molecule has 0 aliphatic carbocycles. The maximum Gasteiger partial charge on any atom is 0.434 e. The minimum Gasteiger partial charge on any atom is -0.267 e. The van der Waals surface area contributed by atoms with Crippen LogP contribution in [0.25, 0.3) is 0 Å². The van der Waals surface area contributed by atoms with E-state index in [1.807, 2.05) is 0 Å². The van der Waals surface area contributed by atoms with E-state index >= 15 is 0 Å². The van der Waals surface area contributed by atoms with Gasteiger partial charge >= 0.3 is 18.5 Å². The summed E-state index contributed by atoms with van der Waals surface area (Å²) in [4.78, 5) is 28.8. The molecular formula is C20H10F9N3O2S. The fourth-order valence-corrected chi connectivity index (χ4v) is 3.60. The molecule has 3 aromatic rings. The quantitative estimate of drug-likeness (QED) is 0.327. The molecule has 2 aromatic carbocycles. The van der Waals surface area contributed by atoms with E-state index in [0.29, 0.717) is 29.6 Å². The third-order valence-electron chi connectivity index (χ3n) is 4.33. The van der Waals surface area contributed by atoms with Crippen LogP contribution in [-0.4, -0.2) is 16.8 Å². The van der Waals surface area contributed by atoms with E-state index in [4.69, 9.17) is 0 Å². The van der Waals surface area contributed by atoms with Crippen LogP contribution in [0.15, 0.2) is 53.9 Å². The predicted molar refractivity (Wildman–Crippen MR) is 104 cm³/mol. The summed E-state index contributed by atoms with van der Waals surface area (Å²) in [5.41, 5.74) is -4.94. The monoisotopic (exact) mass is 527 g/mol. The molecule has 5 nitrogen and oxygen atoms in total. The summed E-state index contributed by atoms with van der Waals surface area (Å²) >= 11 is 0.124. The number of alkyl halides is 9. The van der Waals surface area contributed by atoms with Gasteiger partial charge in [0.05, 0.1) is 22.3 Å². The smallest absolute Gasteiger partial charge is 0.267 e. The molecule has 0 spiro atoms. The minimum absolute atomic E-state index is 0.0556. The third kappa shape index (κ3) is 5.72. The lowest BCUT2D eigenvalue weighted by Crippen LogP contribution is -2.47. The zero-order valence-corrected chi connectivity index (χ0v) is 17.5. The summed E-state index contributed by atoms with van der Waals surface area (Å²) in [6.45, 7) is 0. The molecule has 0 saturated heterocycles.